The molecule has 0 saturated carbocycles. The Morgan fingerprint density at radius 3 is 2.90 bits per heavy atom. The van der Waals surface area contributed by atoms with Gasteiger partial charge in [-0.15, -0.1) is 11.3 Å². The number of ether oxygens (including phenoxy) is 2. The van der Waals surface area contributed by atoms with Gasteiger partial charge in [0.25, 0.3) is 5.91 Å². The van der Waals surface area contributed by atoms with E-state index in [0.29, 0.717) is 24.4 Å². The zero-order valence-corrected chi connectivity index (χ0v) is 18.2. The molecular formula is C23H24N2O5S. The fourth-order valence-electron chi connectivity index (χ4n) is 4.04. The molecule has 2 aliphatic rings. The minimum atomic E-state index is -1.31. The number of hydrogen-bond acceptors (Lipinski definition) is 6. The molecule has 8 heteroatoms. The number of methoxy groups -OCH3 is 1. The van der Waals surface area contributed by atoms with Crippen LogP contribution in [-0.2, 0) is 4.74 Å². The molecule has 3 heterocycles. The smallest absolute Gasteiger partial charge is 0.416 e. The first kappa shape index (κ1) is 21.1. The van der Waals surface area contributed by atoms with Gasteiger partial charge in [0.1, 0.15) is 12.4 Å². The van der Waals surface area contributed by atoms with Gasteiger partial charge in [-0.3, -0.25) is 4.79 Å². The molecule has 2 atom stereocenters. The topological polar surface area (TPSA) is 79.3 Å². The SMILES string of the molecule is C=CCOC(=O)N1c2cc(C)c(OC)cc2C(=O)N2CCC(c3cccs3)=C[C@H]2C1O. The number of aliphatic hydroxyl groups is 1. The minimum Gasteiger partial charge on any atom is -0.496 e. The quantitative estimate of drug-likeness (QED) is 0.731. The summed E-state index contributed by atoms with van der Waals surface area (Å²) in [4.78, 5) is 30.3. The Hall–Kier alpha value is -3.10. The van der Waals surface area contributed by atoms with Gasteiger partial charge in [-0.25, -0.2) is 9.69 Å². The van der Waals surface area contributed by atoms with E-state index < -0.39 is 18.4 Å². The molecule has 2 aromatic rings. The Bertz CT molecular complexity index is 1050. The summed E-state index contributed by atoms with van der Waals surface area (Å²) in [6.45, 7) is 5.80. The zero-order chi connectivity index (χ0) is 22.1. The molecule has 1 N–H and O–H groups in total. The van der Waals surface area contributed by atoms with Crippen LogP contribution in [0.5, 0.6) is 5.75 Å². The van der Waals surface area contributed by atoms with Gasteiger partial charge in [0, 0.05) is 11.4 Å². The predicted octanol–water partition coefficient (Wildman–Crippen LogP) is 3.82. The lowest BCUT2D eigenvalue weighted by atomic mass is 9.99. The maximum absolute atomic E-state index is 13.5. The van der Waals surface area contributed by atoms with Crippen molar-refractivity contribution in [3.63, 3.8) is 0 Å². The third-order valence-corrected chi connectivity index (χ3v) is 6.49. The maximum atomic E-state index is 13.5. The largest absolute Gasteiger partial charge is 0.496 e. The zero-order valence-electron chi connectivity index (χ0n) is 17.4. The van der Waals surface area contributed by atoms with Crippen LogP contribution in [-0.4, -0.2) is 54.5 Å². The van der Waals surface area contributed by atoms with E-state index in [0.717, 1.165) is 20.9 Å². The number of benzene rings is 1. The number of aliphatic hydroxyl groups excluding tert-OH is 1. The van der Waals surface area contributed by atoms with Crippen molar-refractivity contribution in [3.05, 3.63) is 64.4 Å². The van der Waals surface area contributed by atoms with E-state index in [9.17, 15) is 14.7 Å². The summed E-state index contributed by atoms with van der Waals surface area (Å²) in [5.74, 6) is 0.268. The maximum Gasteiger partial charge on any atom is 0.416 e. The van der Waals surface area contributed by atoms with Crippen LogP contribution in [0.1, 0.15) is 27.2 Å². The van der Waals surface area contributed by atoms with Crippen LogP contribution in [0.25, 0.3) is 5.57 Å². The Labute approximate surface area is 184 Å². The highest BCUT2D eigenvalue weighted by Crippen LogP contribution is 2.39. The number of thiophene rings is 1. The first-order chi connectivity index (χ1) is 15.0. The highest BCUT2D eigenvalue weighted by Gasteiger charge is 2.43. The Morgan fingerprint density at radius 2 is 2.23 bits per heavy atom. The van der Waals surface area contributed by atoms with Crippen LogP contribution in [0, 0.1) is 6.92 Å². The third kappa shape index (κ3) is 3.73. The van der Waals surface area contributed by atoms with Crippen LogP contribution in [0.15, 0.2) is 48.4 Å². The summed E-state index contributed by atoms with van der Waals surface area (Å²) in [6, 6.07) is 6.55. The van der Waals surface area contributed by atoms with Gasteiger partial charge in [0.15, 0.2) is 6.23 Å². The summed E-state index contributed by atoms with van der Waals surface area (Å²) in [6.07, 6.45) is 1.93. The monoisotopic (exact) mass is 440 g/mol. The number of carbonyl (C=O) groups excluding carboxylic acids is 2. The first-order valence-corrected chi connectivity index (χ1v) is 10.8. The van der Waals surface area contributed by atoms with Gasteiger partial charge in [0.05, 0.1) is 24.4 Å². The Kier molecular flexibility index (Phi) is 5.84. The van der Waals surface area contributed by atoms with E-state index in [-0.39, 0.29) is 18.1 Å². The van der Waals surface area contributed by atoms with Crippen LogP contribution in [0.2, 0.25) is 0 Å². The molecule has 7 nitrogen and oxygen atoms in total. The van der Waals surface area contributed by atoms with Crippen molar-refractivity contribution in [1.29, 1.82) is 0 Å². The van der Waals surface area contributed by atoms with Crippen LogP contribution in [0.3, 0.4) is 0 Å². The van der Waals surface area contributed by atoms with Crippen LogP contribution >= 0.6 is 11.3 Å². The molecule has 2 aliphatic heterocycles. The molecule has 0 saturated heterocycles. The molecular weight excluding hydrogens is 416 g/mol. The van der Waals surface area contributed by atoms with Crippen molar-refractivity contribution in [1.82, 2.24) is 4.90 Å². The summed E-state index contributed by atoms with van der Waals surface area (Å²) in [5, 5.41) is 13.3. The van der Waals surface area contributed by atoms with Crippen molar-refractivity contribution >= 4 is 34.6 Å². The molecule has 4 rings (SSSR count). The van der Waals surface area contributed by atoms with Crippen LogP contribution < -0.4 is 9.64 Å². The van der Waals surface area contributed by atoms with Crippen molar-refractivity contribution in [2.75, 3.05) is 25.2 Å². The summed E-state index contributed by atoms with van der Waals surface area (Å²) >= 11 is 1.60. The number of fused-ring (bicyclic) bond motifs is 2. The van der Waals surface area contributed by atoms with Crippen molar-refractivity contribution in [2.24, 2.45) is 0 Å². The second kappa shape index (κ2) is 8.56. The predicted molar refractivity (Wildman–Crippen MR) is 119 cm³/mol. The van der Waals surface area contributed by atoms with Gasteiger partial charge in [0.2, 0.25) is 0 Å². The standard InChI is InChI=1S/C23H24N2O5S/c1-4-9-30-23(28)25-17-11-14(2)19(29-3)13-16(17)21(26)24-8-7-15(12-18(24)22(25)27)20-6-5-10-31-20/h4-6,10-13,18,22,27H,1,7-9H2,2-3H3/t18-,22?/m0/s1. The first-order valence-electron chi connectivity index (χ1n) is 9.95. The van der Waals surface area contributed by atoms with E-state index in [1.807, 2.05) is 30.5 Å². The lowest BCUT2D eigenvalue weighted by Gasteiger charge is -2.37. The van der Waals surface area contributed by atoms with E-state index in [1.165, 1.54) is 13.2 Å². The highest BCUT2D eigenvalue weighted by molar-refractivity contribution is 7.11. The molecule has 0 radical (unpaired) electrons. The third-order valence-electron chi connectivity index (χ3n) is 5.55. The minimum absolute atomic E-state index is 0.00879. The van der Waals surface area contributed by atoms with Gasteiger partial charge in [-0.05, 0) is 48.1 Å². The fraction of sp³-hybridized carbons (Fsp3) is 0.304. The number of rotatable bonds is 4. The van der Waals surface area contributed by atoms with E-state index in [2.05, 4.69) is 6.58 Å². The Balaban J connectivity index is 1.85. The van der Waals surface area contributed by atoms with E-state index >= 15 is 0 Å². The molecule has 1 aromatic heterocycles. The fourth-order valence-corrected chi connectivity index (χ4v) is 4.82. The molecule has 1 unspecified atom stereocenters. The number of hydrogen-bond donors (Lipinski definition) is 1. The second-order valence-corrected chi connectivity index (χ2v) is 8.34. The lowest BCUT2D eigenvalue weighted by molar-refractivity contribution is 0.0476. The number of carbonyl (C=O) groups is 2. The van der Waals surface area contributed by atoms with Crippen molar-refractivity contribution in [2.45, 2.75) is 25.6 Å². The van der Waals surface area contributed by atoms with Gasteiger partial charge >= 0.3 is 6.09 Å². The number of aryl methyl sites for hydroxylation is 1. The molecule has 0 bridgehead atoms. The summed E-state index contributed by atoms with van der Waals surface area (Å²) in [7, 11) is 1.53. The second-order valence-electron chi connectivity index (χ2n) is 7.40. The normalized spacial score (nSPS) is 20.4. The molecule has 31 heavy (non-hydrogen) atoms. The van der Waals surface area contributed by atoms with Gasteiger partial charge < -0.3 is 19.5 Å². The number of amides is 2. The van der Waals surface area contributed by atoms with Gasteiger partial charge in [-0.2, -0.15) is 0 Å². The average molecular weight is 441 g/mol. The number of nitrogens with zero attached hydrogens (tertiary/aromatic N) is 2. The van der Waals surface area contributed by atoms with Crippen molar-refractivity contribution in [3.8, 4) is 5.75 Å². The lowest BCUT2D eigenvalue weighted by Crippen LogP contribution is -2.54. The van der Waals surface area contributed by atoms with E-state index in [1.54, 1.807) is 28.4 Å². The summed E-state index contributed by atoms with van der Waals surface area (Å²) in [5.41, 5.74) is 2.36. The molecule has 2 amide bonds. The molecule has 0 fully saturated rings. The summed E-state index contributed by atoms with van der Waals surface area (Å²) < 4.78 is 10.7. The van der Waals surface area contributed by atoms with Crippen molar-refractivity contribution < 1.29 is 24.2 Å². The molecule has 1 aromatic carbocycles. The van der Waals surface area contributed by atoms with Crippen LogP contribution in [0.4, 0.5) is 10.5 Å². The average Bonchev–Trinajstić information content (AvgIpc) is 3.29. The molecule has 162 valence electrons. The Morgan fingerprint density at radius 1 is 1.42 bits per heavy atom. The van der Waals surface area contributed by atoms with E-state index in [4.69, 9.17) is 9.47 Å². The van der Waals surface area contributed by atoms with Gasteiger partial charge in [-0.1, -0.05) is 24.8 Å². The highest BCUT2D eigenvalue weighted by atomic mass is 32.1. The molecule has 0 aliphatic carbocycles. The molecule has 0 spiro atoms. The number of anilines is 1.